The van der Waals surface area contributed by atoms with Crippen molar-refractivity contribution in [3.8, 4) is 0 Å². The van der Waals surface area contributed by atoms with E-state index in [1.807, 2.05) is 12.2 Å². The minimum Gasteiger partial charge on any atom is -0.462 e. The van der Waals surface area contributed by atoms with Crippen molar-refractivity contribution in [3.05, 3.63) is 72.9 Å². The molecule has 53 heavy (non-hydrogen) atoms. The molecular formula is C43H74NO8P. The summed E-state index contributed by atoms with van der Waals surface area (Å²) in [5.74, 6) is -0.951. The first-order valence-electron chi connectivity index (χ1n) is 20.4. The highest BCUT2D eigenvalue weighted by molar-refractivity contribution is 7.47. The third kappa shape index (κ3) is 39.0. The molecule has 304 valence electrons. The van der Waals surface area contributed by atoms with E-state index in [0.717, 1.165) is 51.4 Å². The van der Waals surface area contributed by atoms with Crippen molar-refractivity contribution in [2.45, 2.75) is 161 Å². The number of hydrogen-bond donors (Lipinski definition) is 2. The number of esters is 2. The Kier molecular flexibility index (Phi) is 37.3. The molecule has 0 bridgehead atoms. The number of nitrogens with two attached hydrogens (primary N) is 1. The third-order valence-electron chi connectivity index (χ3n) is 8.08. The SMILES string of the molecule is CCCCC/C=C/C/C=C/C/C=C/C/C=C/C/C=C/CCC(=O)O[C@H](COC(=O)CCCCC/C=C/CCCCCCCC)COP(=O)(O)OCCN. The molecule has 0 saturated heterocycles. The van der Waals surface area contributed by atoms with Crippen LogP contribution < -0.4 is 5.73 Å². The number of phosphoric acid groups is 1. The van der Waals surface area contributed by atoms with Crippen LogP contribution in [0.3, 0.4) is 0 Å². The molecule has 0 aromatic carbocycles. The largest absolute Gasteiger partial charge is 0.472 e. The molecule has 0 aromatic rings. The fraction of sp³-hybridized carbons (Fsp3) is 0.674. The maximum atomic E-state index is 12.5. The maximum Gasteiger partial charge on any atom is 0.472 e. The highest BCUT2D eigenvalue weighted by Crippen LogP contribution is 2.43. The summed E-state index contributed by atoms with van der Waals surface area (Å²) >= 11 is 0. The van der Waals surface area contributed by atoms with Crippen molar-refractivity contribution in [2.24, 2.45) is 5.73 Å². The smallest absolute Gasteiger partial charge is 0.462 e. The van der Waals surface area contributed by atoms with Crippen molar-refractivity contribution in [1.29, 1.82) is 0 Å². The van der Waals surface area contributed by atoms with Gasteiger partial charge in [-0.25, -0.2) is 4.57 Å². The number of unbranched alkanes of at least 4 members (excludes halogenated alkanes) is 12. The van der Waals surface area contributed by atoms with Crippen molar-refractivity contribution in [2.75, 3.05) is 26.4 Å². The van der Waals surface area contributed by atoms with Gasteiger partial charge in [-0.15, -0.1) is 0 Å². The molecule has 0 saturated carbocycles. The molecule has 3 N–H and O–H groups in total. The van der Waals surface area contributed by atoms with Gasteiger partial charge in [0.05, 0.1) is 13.2 Å². The Morgan fingerprint density at radius 1 is 0.566 bits per heavy atom. The molecule has 0 heterocycles. The Labute approximate surface area is 322 Å². The van der Waals surface area contributed by atoms with Gasteiger partial charge in [0, 0.05) is 19.4 Å². The molecule has 0 rings (SSSR count). The molecule has 1 unspecified atom stereocenters. The Morgan fingerprint density at radius 2 is 1.02 bits per heavy atom. The van der Waals surface area contributed by atoms with Crippen LogP contribution in [0.1, 0.15) is 155 Å². The first-order chi connectivity index (χ1) is 25.8. The second kappa shape index (κ2) is 39.2. The van der Waals surface area contributed by atoms with E-state index in [0.29, 0.717) is 12.8 Å². The number of rotatable bonds is 37. The van der Waals surface area contributed by atoms with E-state index in [9.17, 15) is 19.0 Å². The number of hydrogen-bond acceptors (Lipinski definition) is 8. The highest BCUT2D eigenvalue weighted by Gasteiger charge is 2.25. The van der Waals surface area contributed by atoms with Crippen LogP contribution in [0.2, 0.25) is 0 Å². The molecule has 0 radical (unpaired) electrons. The van der Waals surface area contributed by atoms with Gasteiger partial charge in [0.1, 0.15) is 6.61 Å². The topological polar surface area (TPSA) is 134 Å². The second-order valence-electron chi connectivity index (χ2n) is 13.1. The highest BCUT2D eigenvalue weighted by atomic mass is 31.2. The van der Waals surface area contributed by atoms with Crippen molar-refractivity contribution in [1.82, 2.24) is 0 Å². The Balaban J connectivity index is 4.36. The van der Waals surface area contributed by atoms with Crippen LogP contribution in [-0.2, 0) is 32.7 Å². The minimum atomic E-state index is -4.40. The van der Waals surface area contributed by atoms with Crippen LogP contribution in [-0.4, -0.2) is 49.3 Å². The van der Waals surface area contributed by atoms with E-state index >= 15 is 0 Å². The molecule has 0 amide bonds. The second-order valence-corrected chi connectivity index (χ2v) is 14.6. The van der Waals surface area contributed by atoms with Gasteiger partial charge >= 0.3 is 19.8 Å². The zero-order valence-electron chi connectivity index (χ0n) is 33.2. The first kappa shape index (κ1) is 50.5. The van der Waals surface area contributed by atoms with Gasteiger partial charge in [-0.05, 0) is 77.0 Å². The van der Waals surface area contributed by atoms with E-state index in [1.165, 1.54) is 64.2 Å². The van der Waals surface area contributed by atoms with Gasteiger partial charge in [0.15, 0.2) is 6.10 Å². The molecule has 0 aliphatic carbocycles. The summed E-state index contributed by atoms with van der Waals surface area (Å²) in [5.41, 5.74) is 5.33. The molecular weight excluding hydrogens is 689 g/mol. The molecule has 0 aliphatic rings. The van der Waals surface area contributed by atoms with Crippen molar-refractivity contribution >= 4 is 19.8 Å². The quantitative estimate of drug-likeness (QED) is 0.0274. The fourth-order valence-electron chi connectivity index (χ4n) is 5.02. The predicted molar refractivity (Wildman–Crippen MR) is 219 cm³/mol. The zero-order chi connectivity index (χ0) is 38.9. The Bertz CT molecular complexity index is 1100. The van der Waals surface area contributed by atoms with Gasteiger partial charge in [0.2, 0.25) is 0 Å². The van der Waals surface area contributed by atoms with E-state index in [-0.39, 0.29) is 32.6 Å². The summed E-state index contributed by atoms with van der Waals surface area (Å²) < 4.78 is 32.6. The number of ether oxygens (including phenoxy) is 2. The van der Waals surface area contributed by atoms with Crippen molar-refractivity contribution in [3.63, 3.8) is 0 Å². The monoisotopic (exact) mass is 764 g/mol. The maximum absolute atomic E-state index is 12.5. The lowest BCUT2D eigenvalue weighted by Gasteiger charge is -2.19. The van der Waals surface area contributed by atoms with Gasteiger partial charge in [-0.2, -0.15) is 0 Å². The Morgan fingerprint density at radius 3 is 1.58 bits per heavy atom. The summed E-state index contributed by atoms with van der Waals surface area (Å²) in [6.07, 6.45) is 46.6. The number of phosphoric ester groups is 1. The molecule has 9 nitrogen and oxygen atoms in total. The van der Waals surface area contributed by atoms with Crippen LogP contribution >= 0.6 is 7.82 Å². The van der Waals surface area contributed by atoms with Gasteiger partial charge in [-0.1, -0.05) is 138 Å². The minimum absolute atomic E-state index is 0.0371. The Hall–Kier alpha value is -2.55. The van der Waals surface area contributed by atoms with Gasteiger partial charge in [0.25, 0.3) is 0 Å². The lowest BCUT2D eigenvalue weighted by atomic mass is 10.1. The lowest BCUT2D eigenvalue weighted by Crippen LogP contribution is -2.29. The van der Waals surface area contributed by atoms with Crippen LogP contribution in [0.4, 0.5) is 0 Å². The molecule has 0 aliphatic heterocycles. The summed E-state index contributed by atoms with van der Waals surface area (Å²) in [6.45, 7) is 3.57. The fourth-order valence-corrected chi connectivity index (χ4v) is 5.79. The van der Waals surface area contributed by atoms with Crippen molar-refractivity contribution < 1.29 is 37.6 Å². The zero-order valence-corrected chi connectivity index (χ0v) is 34.1. The van der Waals surface area contributed by atoms with Gasteiger partial charge in [-0.3, -0.25) is 18.6 Å². The first-order valence-corrected chi connectivity index (χ1v) is 21.9. The number of carbonyl (C=O) groups is 2. The van der Waals surface area contributed by atoms with E-state index in [4.69, 9.17) is 24.3 Å². The predicted octanol–water partition coefficient (Wildman–Crippen LogP) is 11.5. The third-order valence-corrected chi connectivity index (χ3v) is 9.06. The van der Waals surface area contributed by atoms with Crippen LogP contribution in [0.5, 0.6) is 0 Å². The summed E-state index contributed by atoms with van der Waals surface area (Å²) in [4.78, 5) is 34.7. The summed E-state index contributed by atoms with van der Waals surface area (Å²) in [6, 6.07) is 0. The van der Waals surface area contributed by atoms with Crippen LogP contribution in [0.15, 0.2) is 72.9 Å². The average molecular weight is 764 g/mol. The summed E-state index contributed by atoms with van der Waals surface area (Å²) in [7, 11) is -4.40. The molecule has 10 heteroatoms. The van der Waals surface area contributed by atoms with Gasteiger partial charge < -0.3 is 20.1 Å². The van der Waals surface area contributed by atoms with Crippen LogP contribution in [0, 0.1) is 0 Å². The summed E-state index contributed by atoms with van der Waals surface area (Å²) in [5, 5.41) is 0. The van der Waals surface area contributed by atoms with E-state index < -0.39 is 32.5 Å². The molecule has 0 aromatic heterocycles. The van der Waals surface area contributed by atoms with E-state index in [2.05, 4.69) is 74.6 Å². The van der Waals surface area contributed by atoms with Crippen LogP contribution in [0.25, 0.3) is 0 Å². The number of allylic oxidation sites excluding steroid dienone is 12. The molecule has 0 spiro atoms. The normalized spacial score (nSPS) is 14.1. The number of carbonyl (C=O) groups excluding carboxylic acids is 2. The average Bonchev–Trinajstić information content (AvgIpc) is 3.14. The molecule has 0 fully saturated rings. The van der Waals surface area contributed by atoms with E-state index in [1.54, 1.807) is 0 Å². The standard InChI is InChI=1S/C43H74NO8P/c1-3-5-7-9-11-13-15-17-18-19-20-21-22-24-26-28-30-32-34-36-43(46)52-41(40-51-53(47,48)50-38-37-44)39-49-42(45)35-33-31-29-27-25-23-16-14-12-10-8-6-4-2/h11,13,17-18,20-21,23-26,30,32,41H,3-10,12,14-16,19,22,27-29,31,33-40,44H2,1-2H3,(H,47,48)/b13-11+,18-17+,21-20+,25-23+,26-24+,32-30+/t41-/m1/s1. The molecule has 2 atom stereocenters. The lowest BCUT2D eigenvalue weighted by molar-refractivity contribution is -0.161.